The van der Waals surface area contributed by atoms with Crippen LogP contribution in [0, 0.1) is 0 Å². The molecule has 0 bridgehead atoms. The van der Waals surface area contributed by atoms with Crippen LogP contribution in [0.2, 0.25) is 5.02 Å². The highest BCUT2D eigenvalue weighted by molar-refractivity contribution is 6.32. The molecule has 1 N–H and O–H groups in total. The highest BCUT2D eigenvalue weighted by Gasteiger charge is 2.23. The third-order valence-corrected chi connectivity index (χ3v) is 5.02. The topological polar surface area (TPSA) is 77.6 Å². The van der Waals surface area contributed by atoms with Gasteiger partial charge in [0.2, 0.25) is 5.78 Å². The maximum atomic E-state index is 12.7. The average Bonchev–Trinajstić information content (AvgIpc) is 2.98. The molecule has 0 spiro atoms. The standard InChI is InChI=1S/C22H20ClNO5/c1-13(21(26)16-12-24-18-6-3-2-5-15(16)18)29-20(25)11-14-9-17(23)22-19(10-14)27-7-4-8-28-22/h2-3,5-6,9-10,12-13,24H,4,7-8,11H2,1H3. The minimum Gasteiger partial charge on any atom is -0.489 e. The number of carbonyl (C=O) groups excluding carboxylic acids is 2. The van der Waals surface area contributed by atoms with Crippen LogP contribution in [0.1, 0.15) is 29.3 Å². The Labute approximate surface area is 172 Å². The zero-order chi connectivity index (χ0) is 20.4. The van der Waals surface area contributed by atoms with E-state index >= 15 is 0 Å². The molecule has 0 aliphatic carbocycles. The summed E-state index contributed by atoms with van der Waals surface area (Å²) in [4.78, 5) is 28.2. The third kappa shape index (κ3) is 4.07. The lowest BCUT2D eigenvalue weighted by atomic mass is 10.1. The van der Waals surface area contributed by atoms with Crippen molar-refractivity contribution in [3.05, 3.63) is 58.7 Å². The fourth-order valence-electron chi connectivity index (χ4n) is 3.34. The SMILES string of the molecule is CC(OC(=O)Cc1cc(Cl)c2c(c1)OCCCO2)C(=O)c1c[nH]c2ccccc12. The van der Waals surface area contributed by atoms with E-state index in [-0.39, 0.29) is 12.2 Å². The number of esters is 1. The van der Waals surface area contributed by atoms with Gasteiger partial charge in [0.1, 0.15) is 0 Å². The van der Waals surface area contributed by atoms with E-state index in [1.165, 1.54) is 0 Å². The molecule has 0 amide bonds. The first-order valence-corrected chi connectivity index (χ1v) is 9.78. The molecular weight excluding hydrogens is 394 g/mol. The second-order valence-electron chi connectivity index (χ2n) is 6.88. The molecule has 0 saturated heterocycles. The van der Waals surface area contributed by atoms with Crippen molar-refractivity contribution in [1.82, 2.24) is 4.98 Å². The molecular formula is C22H20ClNO5. The fourth-order valence-corrected chi connectivity index (χ4v) is 3.63. The lowest BCUT2D eigenvalue weighted by Crippen LogP contribution is -2.25. The minimum atomic E-state index is -0.905. The quantitative estimate of drug-likeness (QED) is 0.497. The Hall–Kier alpha value is -2.99. The molecule has 0 fully saturated rings. The number of carbonyl (C=O) groups is 2. The van der Waals surface area contributed by atoms with Crippen molar-refractivity contribution in [3.8, 4) is 11.5 Å². The molecule has 6 nitrogen and oxygen atoms in total. The van der Waals surface area contributed by atoms with Crippen molar-refractivity contribution in [2.45, 2.75) is 25.9 Å². The van der Waals surface area contributed by atoms with Gasteiger partial charge in [0.05, 0.1) is 24.7 Å². The smallest absolute Gasteiger partial charge is 0.310 e. The number of ether oxygens (including phenoxy) is 3. The summed E-state index contributed by atoms with van der Waals surface area (Å²) in [7, 11) is 0. The fraction of sp³-hybridized carbons (Fsp3) is 0.273. The molecule has 150 valence electrons. The van der Waals surface area contributed by atoms with Gasteiger partial charge in [0.15, 0.2) is 17.6 Å². The van der Waals surface area contributed by atoms with Crippen LogP contribution >= 0.6 is 11.6 Å². The molecule has 1 aliphatic heterocycles. The number of H-pyrrole nitrogens is 1. The van der Waals surface area contributed by atoms with Crippen LogP contribution in [0.4, 0.5) is 0 Å². The van der Waals surface area contributed by atoms with Gasteiger partial charge in [-0.3, -0.25) is 9.59 Å². The number of rotatable bonds is 5. The summed E-state index contributed by atoms with van der Waals surface area (Å²) in [6, 6.07) is 10.9. The van der Waals surface area contributed by atoms with Crippen LogP contribution in [0.15, 0.2) is 42.6 Å². The lowest BCUT2D eigenvalue weighted by Gasteiger charge is -2.14. The van der Waals surface area contributed by atoms with Gasteiger partial charge in [-0.05, 0) is 30.7 Å². The van der Waals surface area contributed by atoms with Crippen molar-refractivity contribution in [1.29, 1.82) is 0 Å². The molecule has 1 atom stereocenters. The number of hydrogen-bond donors (Lipinski definition) is 1. The van der Waals surface area contributed by atoms with Gasteiger partial charge in [-0.1, -0.05) is 29.8 Å². The van der Waals surface area contributed by atoms with Crippen LogP contribution in [-0.4, -0.2) is 36.1 Å². The molecule has 7 heteroatoms. The molecule has 1 unspecified atom stereocenters. The number of fused-ring (bicyclic) bond motifs is 2. The Balaban J connectivity index is 1.45. The number of nitrogens with one attached hydrogen (secondary N) is 1. The van der Waals surface area contributed by atoms with Gasteiger partial charge in [0, 0.05) is 29.1 Å². The summed E-state index contributed by atoms with van der Waals surface area (Å²) in [5.74, 6) is 0.230. The van der Waals surface area contributed by atoms with Crippen molar-refractivity contribution >= 4 is 34.3 Å². The maximum absolute atomic E-state index is 12.7. The van der Waals surface area contributed by atoms with E-state index in [0.717, 1.165) is 17.3 Å². The predicted molar refractivity (Wildman–Crippen MR) is 109 cm³/mol. The zero-order valence-electron chi connectivity index (χ0n) is 15.9. The number of para-hydroxylation sites is 1. The summed E-state index contributed by atoms with van der Waals surface area (Å²) < 4.78 is 16.6. The largest absolute Gasteiger partial charge is 0.489 e. The van der Waals surface area contributed by atoms with Gasteiger partial charge in [-0.2, -0.15) is 0 Å². The Kier molecular flexibility index (Phi) is 5.45. The Morgan fingerprint density at radius 3 is 2.86 bits per heavy atom. The second kappa shape index (κ2) is 8.17. The third-order valence-electron chi connectivity index (χ3n) is 4.74. The van der Waals surface area contributed by atoms with E-state index in [1.807, 2.05) is 24.3 Å². The number of halogens is 1. The number of aromatic nitrogens is 1. The highest BCUT2D eigenvalue weighted by atomic mass is 35.5. The first kappa shape index (κ1) is 19.3. The molecule has 29 heavy (non-hydrogen) atoms. The highest BCUT2D eigenvalue weighted by Crippen LogP contribution is 2.38. The number of ketones is 1. The summed E-state index contributed by atoms with van der Waals surface area (Å²) in [6.45, 7) is 2.62. The van der Waals surface area contributed by atoms with Gasteiger partial charge in [0.25, 0.3) is 0 Å². The van der Waals surface area contributed by atoms with Gasteiger partial charge < -0.3 is 19.2 Å². The normalized spacial score (nSPS) is 14.3. The number of Topliss-reactive ketones (excluding diaryl/α,β-unsaturated/α-hetero) is 1. The van der Waals surface area contributed by atoms with E-state index in [9.17, 15) is 9.59 Å². The van der Waals surface area contributed by atoms with Gasteiger partial charge >= 0.3 is 5.97 Å². The van der Waals surface area contributed by atoms with E-state index in [4.69, 9.17) is 25.8 Å². The van der Waals surface area contributed by atoms with E-state index in [2.05, 4.69) is 4.98 Å². The summed E-state index contributed by atoms with van der Waals surface area (Å²) >= 11 is 6.27. The van der Waals surface area contributed by atoms with Crippen molar-refractivity contribution < 1.29 is 23.8 Å². The van der Waals surface area contributed by atoms with Gasteiger partial charge in [-0.25, -0.2) is 0 Å². The lowest BCUT2D eigenvalue weighted by molar-refractivity contribution is -0.145. The molecule has 3 aromatic rings. The number of aromatic amines is 1. The van der Waals surface area contributed by atoms with Crippen molar-refractivity contribution in [3.63, 3.8) is 0 Å². The van der Waals surface area contributed by atoms with Crippen LogP contribution in [0.3, 0.4) is 0 Å². The molecule has 4 rings (SSSR count). The number of hydrogen-bond acceptors (Lipinski definition) is 5. The van der Waals surface area contributed by atoms with E-state index in [0.29, 0.717) is 40.9 Å². The second-order valence-corrected chi connectivity index (χ2v) is 7.28. The van der Waals surface area contributed by atoms with Crippen molar-refractivity contribution in [2.75, 3.05) is 13.2 Å². The first-order valence-electron chi connectivity index (χ1n) is 9.41. The Morgan fingerprint density at radius 1 is 1.21 bits per heavy atom. The first-order chi connectivity index (χ1) is 14.0. The predicted octanol–water partition coefficient (Wildman–Crippen LogP) is 4.34. The molecule has 0 radical (unpaired) electrons. The van der Waals surface area contributed by atoms with Crippen molar-refractivity contribution in [2.24, 2.45) is 0 Å². The monoisotopic (exact) mass is 413 g/mol. The van der Waals surface area contributed by atoms with Crippen LogP contribution < -0.4 is 9.47 Å². The molecule has 2 aromatic carbocycles. The average molecular weight is 414 g/mol. The molecule has 0 saturated carbocycles. The summed E-state index contributed by atoms with van der Waals surface area (Å²) in [6.07, 6.45) is 1.47. The molecule has 2 heterocycles. The molecule has 1 aliphatic rings. The zero-order valence-corrected chi connectivity index (χ0v) is 16.6. The summed E-state index contributed by atoms with van der Waals surface area (Å²) in [5, 5.41) is 1.19. The van der Waals surface area contributed by atoms with Crippen LogP contribution in [-0.2, 0) is 16.0 Å². The maximum Gasteiger partial charge on any atom is 0.310 e. The van der Waals surface area contributed by atoms with E-state index in [1.54, 1.807) is 25.3 Å². The van der Waals surface area contributed by atoms with Crippen LogP contribution in [0.5, 0.6) is 11.5 Å². The van der Waals surface area contributed by atoms with Crippen LogP contribution in [0.25, 0.3) is 10.9 Å². The minimum absolute atomic E-state index is 0.0259. The summed E-state index contributed by atoms with van der Waals surface area (Å²) in [5.41, 5.74) is 1.99. The van der Waals surface area contributed by atoms with Gasteiger partial charge in [-0.15, -0.1) is 0 Å². The molecule has 1 aromatic heterocycles. The number of benzene rings is 2. The Bertz CT molecular complexity index is 1070. The van der Waals surface area contributed by atoms with E-state index < -0.39 is 12.1 Å². The Morgan fingerprint density at radius 2 is 2.00 bits per heavy atom.